The summed E-state index contributed by atoms with van der Waals surface area (Å²) in [6.45, 7) is 5.34. The fourth-order valence-corrected chi connectivity index (χ4v) is 6.35. The minimum atomic E-state index is -4.31. The van der Waals surface area contributed by atoms with Crippen molar-refractivity contribution in [1.82, 2.24) is 0 Å². The smallest absolute Gasteiger partial charge is 0.457 e. The Bertz CT molecular complexity index is 1260. The average molecular weight is 845 g/mol. The molecule has 0 aliphatic heterocycles. The molecule has 59 heavy (non-hydrogen) atoms. The number of allylic oxidation sites excluding steroid dienone is 16. The Balaban J connectivity index is 4.37. The number of quaternary nitrogens is 1. The van der Waals surface area contributed by atoms with E-state index in [9.17, 15) is 14.3 Å². The van der Waals surface area contributed by atoms with Crippen molar-refractivity contribution < 1.29 is 37.3 Å². The summed E-state index contributed by atoms with van der Waals surface area (Å²) in [4.78, 5) is 22.9. The minimum Gasteiger partial charge on any atom is -0.457 e. The molecule has 0 amide bonds. The summed E-state index contributed by atoms with van der Waals surface area (Å²) in [5, 5.41) is 0. The Kier molecular flexibility index (Phi) is 40.3. The second-order valence-corrected chi connectivity index (χ2v) is 17.5. The van der Waals surface area contributed by atoms with Crippen LogP contribution in [0.25, 0.3) is 0 Å². The van der Waals surface area contributed by atoms with Gasteiger partial charge in [0.15, 0.2) is 0 Å². The van der Waals surface area contributed by atoms with E-state index >= 15 is 0 Å². The van der Waals surface area contributed by atoms with Crippen molar-refractivity contribution >= 4 is 13.8 Å². The van der Waals surface area contributed by atoms with Gasteiger partial charge in [-0.3, -0.25) is 13.8 Å². The number of ether oxygens (including phenoxy) is 2. The molecule has 2 unspecified atom stereocenters. The van der Waals surface area contributed by atoms with E-state index in [4.69, 9.17) is 18.5 Å². The van der Waals surface area contributed by atoms with Crippen LogP contribution in [0.15, 0.2) is 97.2 Å². The molecule has 8 nitrogen and oxygen atoms in total. The molecule has 338 valence electrons. The number of carbonyl (C=O) groups excluding carboxylic acids is 1. The third kappa shape index (κ3) is 46.3. The molecule has 0 saturated carbocycles. The maximum atomic E-state index is 12.7. The molecule has 2 atom stereocenters. The number of hydrogen-bond donors (Lipinski definition) is 1. The number of rotatable bonds is 41. The number of likely N-dealkylation sites (N-methyl/N-ethyl adjacent to an activating group) is 1. The molecule has 1 N–H and O–H groups in total. The van der Waals surface area contributed by atoms with Crippen molar-refractivity contribution in [2.75, 3.05) is 54.1 Å². The first kappa shape index (κ1) is 56.4. The lowest BCUT2D eigenvalue weighted by molar-refractivity contribution is -0.870. The molecule has 0 aromatic heterocycles. The SMILES string of the molecule is CC/C=C\C/C=C\C/C=C\C/C=C\C/C=C\C/C=C\CCC(=O)OC(COCCCCCCCCCC/C=C\C/C=C\CCCCC)COP(=O)(O)OCC[N+](C)(C)C. The van der Waals surface area contributed by atoms with E-state index in [0.717, 1.165) is 57.8 Å². The van der Waals surface area contributed by atoms with Gasteiger partial charge in [0, 0.05) is 13.0 Å². The predicted octanol–water partition coefficient (Wildman–Crippen LogP) is 13.8. The number of phosphoric acid groups is 1. The number of phosphoric ester groups is 1. The molecule has 0 spiro atoms. The highest BCUT2D eigenvalue weighted by Gasteiger charge is 2.26. The summed E-state index contributed by atoms with van der Waals surface area (Å²) in [6, 6.07) is 0. The molecular weight excluding hydrogens is 758 g/mol. The van der Waals surface area contributed by atoms with Gasteiger partial charge in [0.25, 0.3) is 0 Å². The number of hydrogen-bond acceptors (Lipinski definition) is 6. The van der Waals surface area contributed by atoms with Crippen LogP contribution in [0.2, 0.25) is 0 Å². The molecule has 9 heteroatoms. The van der Waals surface area contributed by atoms with Crippen molar-refractivity contribution in [3.63, 3.8) is 0 Å². The van der Waals surface area contributed by atoms with Gasteiger partial charge in [0.1, 0.15) is 19.3 Å². The van der Waals surface area contributed by atoms with Crippen molar-refractivity contribution in [1.29, 1.82) is 0 Å². The van der Waals surface area contributed by atoms with Gasteiger partial charge in [-0.2, -0.15) is 0 Å². The Hall–Kier alpha value is -2.58. The topological polar surface area (TPSA) is 91.3 Å². The summed E-state index contributed by atoms with van der Waals surface area (Å²) < 4.78 is 34.9. The van der Waals surface area contributed by atoms with Crippen LogP contribution in [-0.2, 0) is 27.9 Å². The molecule has 0 radical (unpaired) electrons. The van der Waals surface area contributed by atoms with Gasteiger partial charge in [0.2, 0.25) is 0 Å². The minimum absolute atomic E-state index is 0.0683. The maximum absolute atomic E-state index is 12.7. The molecule has 0 bridgehead atoms. The number of unbranched alkanes of at least 4 members (excludes halogenated alkanes) is 11. The molecular formula is C50H87NO7P+. The zero-order valence-corrected chi connectivity index (χ0v) is 39.1. The second kappa shape index (κ2) is 42.1. The van der Waals surface area contributed by atoms with Crippen LogP contribution in [0.4, 0.5) is 0 Å². The van der Waals surface area contributed by atoms with Crippen LogP contribution in [0.5, 0.6) is 0 Å². The van der Waals surface area contributed by atoms with Crippen LogP contribution in [0, 0.1) is 0 Å². The summed E-state index contributed by atoms with van der Waals surface area (Å²) in [6.07, 6.45) is 57.4. The third-order valence-corrected chi connectivity index (χ3v) is 10.1. The Morgan fingerprint density at radius 2 is 0.983 bits per heavy atom. The quantitative estimate of drug-likeness (QED) is 0.0215. The number of nitrogens with zero attached hydrogens (tertiary/aromatic N) is 1. The van der Waals surface area contributed by atoms with Crippen LogP contribution in [0.1, 0.15) is 155 Å². The van der Waals surface area contributed by atoms with E-state index in [1.54, 1.807) is 0 Å². The lowest BCUT2D eigenvalue weighted by Crippen LogP contribution is -2.37. The molecule has 0 heterocycles. The maximum Gasteiger partial charge on any atom is 0.472 e. The van der Waals surface area contributed by atoms with E-state index < -0.39 is 19.9 Å². The van der Waals surface area contributed by atoms with Crippen molar-refractivity contribution in [2.45, 2.75) is 161 Å². The summed E-state index contributed by atoms with van der Waals surface area (Å²) in [7, 11) is 1.60. The molecule has 0 saturated heterocycles. The normalized spacial score (nSPS) is 14.6. The first-order chi connectivity index (χ1) is 28.6. The Morgan fingerprint density at radius 3 is 1.47 bits per heavy atom. The van der Waals surface area contributed by atoms with Crippen molar-refractivity contribution in [3.8, 4) is 0 Å². The van der Waals surface area contributed by atoms with Gasteiger partial charge in [-0.05, 0) is 83.5 Å². The second-order valence-electron chi connectivity index (χ2n) is 16.0. The zero-order chi connectivity index (χ0) is 43.4. The van der Waals surface area contributed by atoms with Gasteiger partial charge < -0.3 is 18.9 Å². The standard InChI is InChI=1S/C50H86NO7P/c1-6-8-10-12-14-16-18-20-22-24-26-27-29-31-33-35-37-39-41-43-50(52)58-49(48-57-59(53,54)56-46-44-51(3,4)5)47-55-45-42-40-38-36-34-32-30-28-25-23-21-19-17-15-13-11-9-7-2/h8,10,14-17,20-23,26-27,31,33,37,39,49H,6-7,9,11-13,18-19,24-25,28-30,32,34-36,38,40-48H2,1-5H3/p+1/b10-8-,16-14-,17-15-,22-20-,23-21-,27-26-,33-31-,39-37-. The summed E-state index contributed by atoms with van der Waals surface area (Å²) >= 11 is 0. The van der Waals surface area contributed by atoms with Gasteiger partial charge >= 0.3 is 13.8 Å². The molecule has 0 aliphatic rings. The van der Waals surface area contributed by atoms with Crippen LogP contribution >= 0.6 is 7.82 Å². The van der Waals surface area contributed by atoms with E-state index in [1.807, 2.05) is 33.3 Å². The van der Waals surface area contributed by atoms with E-state index in [-0.39, 0.29) is 26.2 Å². The molecule has 0 aromatic rings. The molecule has 0 aliphatic carbocycles. The number of esters is 1. The monoisotopic (exact) mass is 845 g/mol. The number of carbonyl (C=O) groups is 1. The largest absolute Gasteiger partial charge is 0.472 e. The van der Waals surface area contributed by atoms with Crippen molar-refractivity contribution in [2.24, 2.45) is 0 Å². The Morgan fingerprint density at radius 1 is 0.542 bits per heavy atom. The zero-order valence-electron chi connectivity index (χ0n) is 38.2. The first-order valence-corrected chi connectivity index (χ1v) is 24.5. The van der Waals surface area contributed by atoms with E-state index in [1.165, 1.54) is 70.6 Å². The lowest BCUT2D eigenvalue weighted by Gasteiger charge is -2.24. The average Bonchev–Trinajstić information content (AvgIpc) is 3.19. The molecule has 0 aromatic carbocycles. The van der Waals surface area contributed by atoms with Crippen LogP contribution in [-0.4, -0.2) is 75.6 Å². The van der Waals surface area contributed by atoms with Gasteiger partial charge in [0.05, 0.1) is 34.4 Å². The highest BCUT2D eigenvalue weighted by atomic mass is 31.2. The highest BCUT2D eigenvalue weighted by Crippen LogP contribution is 2.43. The summed E-state index contributed by atoms with van der Waals surface area (Å²) in [5.74, 6) is -0.401. The van der Waals surface area contributed by atoms with Crippen LogP contribution < -0.4 is 0 Å². The van der Waals surface area contributed by atoms with E-state index in [0.29, 0.717) is 24.1 Å². The molecule has 0 rings (SSSR count). The summed E-state index contributed by atoms with van der Waals surface area (Å²) in [5.41, 5.74) is 0. The van der Waals surface area contributed by atoms with Gasteiger partial charge in [-0.25, -0.2) is 4.57 Å². The lowest BCUT2D eigenvalue weighted by atomic mass is 10.1. The fraction of sp³-hybridized carbons (Fsp3) is 0.660. The molecule has 0 fully saturated rings. The first-order valence-electron chi connectivity index (χ1n) is 23.0. The third-order valence-electron chi connectivity index (χ3n) is 9.14. The van der Waals surface area contributed by atoms with E-state index in [2.05, 4.69) is 98.9 Å². The van der Waals surface area contributed by atoms with Gasteiger partial charge in [-0.1, -0.05) is 162 Å². The highest BCUT2D eigenvalue weighted by molar-refractivity contribution is 7.47. The Labute approximate surface area is 362 Å². The van der Waals surface area contributed by atoms with Crippen molar-refractivity contribution in [3.05, 3.63) is 97.2 Å². The fourth-order valence-electron chi connectivity index (χ4n) is 5.61. The van der Waals surface area contributed by atoms with Crippen LogP contribution in [0.3, 0.4) is 0 Å². The van der Waals surface area contributed by atoms with Gasteiger partial charge in [-0.15, -0.1) is 0 Å². The predicted molar refractivity (Wildman–Crippen MR) is 251 cm³/mol.